The van der Waals surface area contributed by atoms with Gasteiger partial charge in [-0.15, -0.1) is 11.3 Å². The van der Waals surface area contributed by atoms with Crippen LogP contribution in [0.3, 0.4) is 0 Å². The van der Waals surface area contributed by atoms with Crippen molar-refractivity contribution in [3.8, 4) is 5.75 Å². The maximum atomic E-state index is 6.27. The van der Waals surface area contributed by atoms with Gasteiger partial charge in [0.25, 0.3) is 0 Å². The minimum atomic E-state index is -0.119. The number of halogens is 2. The van der Waals surface area contributed by atoms with Crippen molar-refractivity contribution in [2.45, 2.75) is 39.3 Å². The summed E-state index contributed by atoms with van der Waals surface area (Å²) in [5.74, 6) is 0.867. The molecule has 2 aromatic rings. The lowest BCUT2D eigenvalue weighted by Gasteiger charge is -2.24. The molecule has 114 valence electrons. The highest BCUT2D eigenvalue weighted by molar-refractivity contribution is 9.10. The Hall–Kier alpha value is -0.360. The number of thiophene rings is 1. The van der Waals surface area contributed by atoms with Gasteiger partial charge in [0.1, 0.15) is 11.9 Å². The summed E-state index contributed by atoms with van der Waals surface area (Å²) in [5, 5.41) is 2.06. The summed E-state index contributed by atoms with van der Waals surface area (Å²) in [6, 6.07) is 6.16. The standard InChI is InChI=1S/C16H19Br2NOS/c1-4-13(19)16(14-7-11(17)8-21-14)20-12-5-9(2)15(18)10(3)6-12/h5-8,13,16H,4,19H2,1-3H3. The lowest BCUT2D eigenvalue weighted by Crippen LogP contribution is -2.30. The first kappa shape index (κ1) is 17.0. The Kier molecular flexibility index (Phi) is 5.88. The summed E-state index contributed by atoms with van der Waals surface area (Å²) in [7, 11) is 0. The van der Waals surface area contributed by atoms with Crippen LogP contribution in [-0.4, -0.2) is 6.04 Å². The van der Waals surface area contributed by atoms with E-state index in [1.54, 1.807) is 11.3 Å². The van der Waals surface area contributed by atoms with Crippen molar-refractivity contribution in [2.24, 2.45) is 5.73 Å². The third-order valence-corrected chi connectivity index (χ3v) is 6.41. The molecular formula is C16H19Br2NOS. The van der Waals surface area contributed by atoms with Gasteiger partial charge in [-0.3, -0.25) is 0 Å². The van der Waals surface area contributed by atoms with Gasteiger partial charge in [0.15, 0.2) is 0 Å². The van der Waals surface area contributed by atoms with Crippen molar-refractivity contribution in [3.63, 3.8) is 0 Å². The summed E-state index contributed by atoms with van der Waals surface area (Å²) in [5.41, 5.74) is 8.60. The van der Waals surface area contributed by atoms with Gasteiger partial charge in [-0.1, -0.05) is 22.9 Å². The van der Waals surface area contributed by atoms with Gasteiger partial charge in [0.2, 0.25) is 0 Å². The Morgan fingerprint density at radius 2 is 1.81 bits per heavy atom. The van der Waals surface area contributed by atoms with Crippen LogP contribution in [0.4, 0.5) is 0 Å². The molecule has 0 amide bonds. The first-order valence-corrected chi connectivity index (χ1v) is 9.31. The molecule has 21 heavy (non-hydrogen) atoms. The molecule has 2 atom stereocenters. The topological polar surface area (TPSA) is 35.2 Å². The molecular weight excluding hydrogens is 414 g/mol. The molecule has 5 heteroatoms. The van der Waals surface area contributed by atoms with E-state index >= 15 is 0 Å². The van der Waals surface area contributed by atoms with Crippen molar-refractivity contribution in [3.05, 3.63) is 48.5 Å². The zero-order valence-corrected chi connectivity index (χ0v) is 16.3. The van der Waals surface area contributed by atoms with Crippen molar-refractivity contribution >= 4 is 43.2 Å². The van der Waals surface area contributed by atoms with Crippen molar-refractivity contribution < 1.29 is 4.74 Å². The molecule has 2 N–H and O–H groups in total. The lowest BCUT2D eigenvalue weighted by atomic mass is 10.1. The van der Waals surface area contributed by atoms with Crippen molar-refractivity contribution in [1.82, 2.24) is 0 Å². The largest absolute Gasteiger partial charge is 0.483 e. The van der Waals surface area contributed by atoms with Crippen LogP contribution in [0.5, 0.6) is 5.75 Å². The van der Waals surface area contributed by atoms with E-state index < -0.39 is 0 Å². The second kappa shape index (κ2) is 7.27. The van der Waals surface area contributed by atoms with Crippen LogP contribution >= 0.6 is 43.2 Å². The number of nitrogens with two attached hydrogens (primary N) is 1. The van der Waals surface area contributed by atoms with Gasteiger partial charge in [0, 0.05) is 25.2 Å². The molecule has 0 aliphatic carbocycles. The highest BCUT2D eigenvalue weighted by Gasteiger charge is 2.22. The quantitative estimate of drug-likeness (QED) is 0.652. The molecule has 0 bridgehead atoms. The molecule has 2 unspecified atom stereocenters. The summed E-state index contributed by atoms with van der Waals surface area (Å²) < 4.78 is 8.43. The monoisotopic (exact) mass is 431 g/mol. The fourth-order valence-corrected chi connectivity index (χ4v) is 3.95. The first-order chi connectivity index (χ1) is 9.92. The van der Waals surface area contributed by atoms with Gasteiger partial charge in [-0.2, -0.15) is 0 Å². The average Bonchev–Trinajstić information content (AvgIpc) is 2.87. The molecule has 0 saturated heterocycles. The second-order valence-corrected chi connectivity index (χ2v) is 7.80. The van der Waals surface area contributed by atoms with Crippen LogP contribution in [0, 0.1) is 13.8 Å². The zero-order chi connectivity index (χ0) is 15.6. The van der Waals surface area contributed by atoms with E-state index in [1.165, 1.54) is 11.1 Å². The molecule has 0 fully saturated rings. The van der Waals surface area contributed by atoms with Crippen molar-refractivity contribution in [1.29, 1.82) is 0 Å². The number of aryl methyl sites for hydroxylation is 2. The van der Waals surface area contributed by atoms with Gasteiger partial charge in [-0.25, -0.2) is 0 Å². The third-order valence-electron chi connectivity index (χ3n) is 3.40. The van der Waals surface area contributed by atoms with Crippen LogP contribution < -0.4 is 10.5 Å². The second-order valence-electron chi connectivity index (χ2n) is 5.15. The molecule has 1 aromatic heterocycles. The summed E-state index contributed by atoms with van der Waals surface area (Å²) in [6.45, 7) is 6.22. The predicted molar refractivity (Wildman–Crippen MR) is 97.3 cm³/mol. The Morgan fingerprint density at radius 3 is 2.29 bits per heavy atom. The summed E-state index contributed by atoms with van der Waals surface area (Å²) >= 11 is 8.75. The van der Waals surface area contributed by atoms with E-state index in [0.29, 0.717) is 0 Å². The maximum Gasteiger partial charge on any atom is 0.148 e. The summed E-state index contributed by atoms with van der Waals surface area (Å²) in [4.78, 5) is 1.15. The average molecular weight is 433 g/mol. The predicted octanol–water partition coefficient (Wildman–Crippen LogP) is 5.75. The molecule has 0 aliphatic heterocycles. The minimum Gasteiger partial charge on any atom is -0.483 e. The Bertz CT molecular complexity index is 603. The molecule has 0 saturated carbocycles. The van der Waals surface area contributed by atoms with E-state index in [4.69, 9.17) is 10.5 Å². The van der Waals surface area contributed by atoms with Crippen LogP contribution in [0.1, 0.15) is 35.5 Å². The minimum absolute atomic E-state index is 0.0280. The third kappa shape index (κ3) is 4.09. The molecule has 0 spiro atoms. The first-order valence-electron chi connectivity index (χ1n) is 6.85. The lowest BCUT2D eigenvalue weighted by molar-refractivity contribution is 0.174. The molecule has 2 nitrogen and oxygen atoms in total. The van der Waals surface area contributed by atoms with E-state index in [9.17, 15) is 0 Å². The van der Waals surface area contributed by atoms with E-state index in [-0.39, 0.29) is 12.1 Å². The number of benzene rings is 1. The Labute approximate surface area is 147 Å². The Morgan fingerprint density at radius 1 is 1.19 bits per heavy atom. The number of rotatable bonds is 5. The molecule has 2 rings (SSSR count). The normalized spacial score (nSPS) is 14.0. The highest BCUT2D eigenvalue weighted by atomic mass is 79.9. The van der Waals surface area contributed by atoms with Crippen LogP contribution in [0.15, 0.2) is 32.5 Å². The van der Waals surface area contributed by atoms with Crippen molar-refractivity contribution in [2.75, 3.05) is 0 Å². The molecule has 0 aliphatic rings. The van der Waals surface area contributed by atoms with E-state index in [2.05, 4.69) is 76.2 Å². The maximum absolute atomic E-state index is 6.27. The smallest absolute Gasteiger partial charge is 0.148 e. The zero-order valence-electron chi connectivity index (χ0n) is 12.3. The fourth-order valence-electron chi connectivity index (χ4n) is 2.17. The molecule has 1 aromatic carbocycles. The number of hydrogen-bond acceptors (Lipinski definition) is 3. The van der Waals surface area contributed by atoms with Crippen LogP contribution in [0.2, 0.25) is 0 Å². The SMILES string of the molecule is CCC(N)C(Oc1cc(C)c(Br)c(C)c1)c1cc(Br)cs1. The van der Waals surface area contributed by atoms with Gasteiger partial charge < -0.3 is 10.5 Å². The molecule has 0 radical (unpaired) electrons. The van der Waals surface area contributed by atoms with Crippen LogP contribution in [-0.2, 0) is 0 Å². The van der Waals surface area contributed by atoms with Gasteiger partial charge in [-0.05, 0) is 65.5 Å². The van der Waals surface area contributed by atoms with E-state index in [0.717, 1.165) is 26.0 Å². The summed E-state index contributed by atoms with van der Waals surface area (Å²) in [6.07, 6.45) is 0.751. The van der Waals surface area contributed by atoms with Gasteiger partial charge >= 0.3 is 0 Å². The number of hydrogen-bond donors (Lipinski definition) is 1. The van der Waals surface area contributed by atoms with Crippen LogP contribution in [0.25, 0.3) is 0 Å². The Balaban J connectivity index is 2.31. The highest BCUT2D eigenvalue weighted by Crippen LogP contribution is 2.34. The fraction of sp³-hybridized carbons (Fsp3) is 0.375. The van der Waals surface area contributed by atoms with Gasteiger partial charge in [0.05, 0.1) is 0 Å². The van der Waals surface area contributed by atoms with E-state index in [1.807, 2.05) is 0 Å². The molecule has 1 heterocycles. The number of ether oxygens (including phenoxy) is 1.